The van der Waals surface area contributed by atoms with E-state index in [1.54, 1.807) is 0 Å². The average molecular weight is 218 g/mol. The van der Waals surface area contributed by atoms with E-state index >= 15 is 0 Å². The van der Waals surface area contributed by atoms with Gasteiger partial charge in [-0.2, -0.15) is 0 Å². The van der Waals surface area contributed by atoms with Gasteiger partial charge in [-0.05, 0) is 19.3 Å². The lowest BCUT2D eigenvalue weighted by Crippen LogP contribution is -1.99. The highest BCUT2D eigenvalue weighted by molar-refractivity contribution is 8.49. The standard InChI is InChI=1S/C9H14S3/c1-2-3-4-5-6-8-7-11-9(10)12-8/h2,8H,1,3-7H2. The fraction of sp³-hybridized carbons (Fsp3) is 0.667. The number of hydrogen-bond acceptors (Lipinski definition) is 3. The summed E-state index contributed by atoms with van der Waals surface area (Å²) in [5, 5.41) is 0.798. The van der Waals surface area contributed by atoms with Gasteiger partial charge in [-0.15, -0.1) is 30.1 Å². The van der Waals surface area contributed by atoms with Gasteiger partial charge in [0.1, 0.15) is 3.53 Å². The molecule has 68 valence electrons. The van der Waals surface area contributed by atoms with Gasteiger partial charge in [0, 0.05) is 11.0 Å². The summed E-state index contributed by atoms with van der Waals surface area (Å²) >= 11 is 8.84. The molecule has 1 fully saturated rings. The number of thiocarbonyl (C=S) groups is 1. The second-order valence-corrected chi connectivity index (χ2v) is 6.40. The molecule has 1 atom stereocenters. The normalized spacial score (nSPS) is 23.0. The Balaban J connectivity index is 2.00. The summed E-state index contributed by atoms with van der Waals surface area (Å²) in [4.78, 5) is 0. The van der Waals surface area contributed by atoms with Crippen molar-refractivity contribution in [3.63, 3.8) is 0 Å². The molecule has 1 unspecified atom stereocenters. The summed E-state index contributed by atoms with van der Waals surface area (Å²) in [6.07, 6.45) is 7.10. The van der Waals surface area contributed by atoms with Crippen LogP contribution in [0.1, 0.15) is 25.7 Å². The molecule has 1 heterocycles. The van der Waals surface area contributed by atoms with Crippen LogP contribution in [0.25, 0.3) is 0 Å². The quantitative estimate of drug-likeness (QED) is 0.391. The molecule has 3 heteroatoms. The van der Waals surface area contributed by atoms with Crippen LogP contribution in [0.2, 0.25) is 0 Å². The van der Waals surface area contributed by atoms with Crippen molar-refractivity contribution in [3.05, 3.63) is 12.7 Å². The van der Waals surface area contributed by atoms with Crippen molar-refractivity contribution in [1.29, 1.82) is 0 Å². The molecule has 1 aliphatic heterocycles. The molecule has 0 aromatic rings. The lowest BCUT2D eigenvalue weighted by atomic mass is 10.1. The summed E-state index contributed by atoms with van der Waals surface area (Å²) in [6.45, 7) is 3.71. The van der Waals surface area contributed by atoms with Crippen LogP contribution < -0.4 is 0 Å². The van der Waals surface area contributed by atoms with Gasteiger partial charge >= 0.3 is 0 Å². The van der Waals surface area contributed by atoms with E-state index in [1.165, 1.54) is 25.0 Å². The molecule has 0 saturated carbocycles. The first-order valence-electron chi connectivity index (χ1n) is 4.27. The number of rotatable bonds is 5. The minimum absolute atomic E-state index is 0.798. The summed E-state index contributed by atoms with van der Waals surface area (Å²) in [5.41, 5.74) is 0. The monoisotopic (exact) mass is 218 g/mol. The van der Waals surface area contributed by atoms with E-state index < -0.39 is 0 Å². The number of thioether (sulfide) groups is 2. The predicted octanol–water partition coefficient (Wildman–Crippen LogP) is 3.87. The molecule has 1 aliphatic rings. The molecule has 0 nitrogen and oxygen atoms in total. The summed E-state index contributed by atoms with van der Waals surface area (Å²) < 4.78 is 1.14. The molecule has 0 radical (unpaired) electrons. The molecular formula is C9H14S3. The number of unbranched alkanes of at least 4 members (excludes halogenated alkanes) is 2. The molecule has 0 spiro atoms. The fourth-order valence-electron chi connectivity index (χ4n) is 1.17. The molecule has 1 rings (SSSR count). The van der Waals surface area contributed by atoms with Crippen molar-refractivity contribution >= 4 is 39.3 Å². The van der Waals surface area contributed by atoms with E-state index in [-0.39, 0.29) is 0 Å². The Hall–Kier alpha value is 0.530. The highest BCUT2D eigenvalue weighted by Crippen LogP contribution is 2.35. The van der Waals surface area contributed by atoms with Crippen LogP contribution in [-0.4, -0.2) is 14.5 Å². The van der Waals surface area contributed by atoms with Crippen molar-refractivity contribution in [2.24, 2.45) is 0 Å². The van der Waals surface area contributed by atoms with Crippen LogP contribution in [0.4, 0.5) is 0 Å². The molecule has 1 saturated heterocycles. The van der Waals surface area contributed by atoms with Crippen molar-refractivity contribution in [1.82, 2.24) is 0 Å². The Morgan fingerprint density at radius 1 is 1.58 bits per heavy atom. The van der Waals surface area contributed by atoms with E-state index in [9.17, 15) is 0 Å². The molecule has 12 heavy (non-hydrogen) atoms. The SMILES string of the molecule is C=CCCCCC1CSC(=S)S1. The van der Waals surface area contributed by atoms with Crippen LogP contribution in [0, 0.1) is 0 Å². The fourth-order valence-corrected chi connectivity index (χ4v) is 4.19. The van der Waals surface area contributed by atoms with Crippen LogP contribution in [0.15, 0.2) is 12.7 Å². The van der Waals surface area contributed by atoms with Crippen LogP contribution >= 0.6 is 35.7 Å². The third-order valence-corrected chi connectivity index (χ3v) is 5.06. The Bertz CT molecular complexity index is 165. The number of hydrogen-bond donors (Lipinski definition) is 0. The largest absolute Gasteiger partial charge is 0.107 e. The third-order valence-electron chi connectivity index (χ3n) is 1.83. The van der Waals surface area contributed by atoms with Crippen LogP contribution in [0.5, 0.6) is 0 Å². The minimum Gasteiger partial charge on any atom is -0.107 e. The zero-order valence-corrected chi connectivity index (χ0v) is 9.57. The van der Waals surface area contributed by atoms with Gasteiger partial charge in [0.15, 0.2) is 0 Å². The summed E-state index contributed by atoms with van der Waals surface area (Å²) in [6, 6.07) is 0. The average Bonchev–Trinajstić information content (AvgIpc) is 2.45. The first kappa shape index (κ1) is 10.6. The van der Waals surface area contributed by atoms with Gasteiger partial charge in [0.05, 0.1) is 0 Å². The van der Waals surface area contributed by atoms with Gasteiger partial charge in [0.25, 0.3) is 0 Å². The maximum absolute atomic E-state index is 5.11. The molecular weight excluding hydrogens is 204 g/mol. The van der Waals surface area contributed by atoms with Gasteiger partial charge < -0.3 is 0 Å². The van der Waals surface area contributed by atoms with Crippen molar-refractivity contribution < 1.29 is 0 Å². The zero-order chi connectivity index (χ0) is 8.81. The van der Waals surface area contributed by atoms with Crippen molar-refractivity contribution in [3.8, 4) is 0 Å². The second kappa shape index (κ2) is 6.06. The Morgan fingerprint density at radius 2 is 2.42 bits per heavy atom. The van der Waals surface area contributed by atoms with Gasteiger partial charge in [-0.3, -0.25) is 0 Å². The Morgan fingerprint density at radius 3 is 3.00 bits per heavy atom. The summed E-state index contributed by atoms with van der Waals surface area (Å²) in [5.74, 6) is 1.23. The predicted molar refractivity (Wildman–Crippen MR) is 65.1 cm³/mol. The van der Waals surface area contributed by atoms with Gasteiger partial charge in [0.2, 0.25) is 0 Å². The Kier molecular flexibility index (Phi) is 5.35. The molecule has 0 aromatic carbocycles. The lowest BCUT2D eigenvalue weighted by molar-refractivity contribution is 0.690. The van der Waals surface area contributed by atoms with E-state index in [0.717, 1.165) is 15.2 Å². The highest BCUT2D eigenvalue weighted by Gasteiger charge is 2.19. The van der Waals surface area contributed by atoms with Gasteiger partial charge in [-0.1, -0.05) is 24.7 Å². The maximum atomic E-state index is 5.11. The molecule has 0 amide bonds. The lowest BCUT2D eigenvalue weighted by Gasteiger charge is -2.04. The van der Waals surface area contributed by atoms with Crippen molar-refractivity contribution in [2.45, 2.75) is 30.9 Å². The Labute approximate surface area is 88.6 Å². The molecule has 0 aromatic heterocycles. The van der Waals surface area contributed by atoms with Crippen LogP contribution in [0.3, 0.4) is 0 Å². The van der Waals surface area contributed by atoms with E-state index in [1.807, 2.05) is 29.6 Å². The molecule has 0 aliphatic carbocycles. The maximum Gasteiger partial charge on any atom is 0.104 e. The minimum atomic E-state index is 0.798. The summed E-state index contributed by atoms with van der Waals surface area (Å²) in [7, 11) is 0. The van der Waals surface area contributed by atoms with E-state index in [4.69, 9.17) is 12.2 Å². The first-order chi connectivity index (χ1) is 5.83. The van der Waals surface area contributed by atoms with E-state index in [0.29, 0.717) is 0 Å². The number of allylic oxidation sites excluding steroid dienone is 1. The van der Waals surface area contributed by atoms with Crippen LogP contribution in [-0.2, 0) is 0 Å². The topological polar surface area (TPSA) is 0 Å². The van der Waals surface area contributed by atoms with Gasteiger partial charge in [-0.25, -0.2) is 0 Å². The van der Waals surface area contributed by atoms with E-state index in [2.05, 4.69) is 6.58 Å². The second-order valence-electron chi connectivity index (χ2n) is 2.87. The highest BCUT2D eigenvalue weighted by atomic mass is 32.2. The smallest absolute Gasteiger partial charge is 0.104 e. The third kappa shape index (κ3) is 3.97. The first-order valence-corrected chi connectivity index (χ1v) is 6.54. The van der Waals surface area contributed by atoms with Crippen molar-refractivity contribution in [2.75, 3.05) is 5.75 Å². The zero-order valence-electron chi connectivity index (χ0n) is 7.12. The molecule has 0 bridgehead atoms. The molecule has 0 N–H and O–H groups in total.